The zero-order valence-corrected chi connectivity index (χ0v) is 15.0. The second-order valence-electron chi connectivity index (χ2n) is 8.04. The highest BCUT2D eigenvalue weighted by Crippen LogP contribution is 2.53. The van der Waals surface area contributed by atoms with Crippen LogP contribution in [0.2, 0.25) is 0 Å². The van der Waals surface area contributed by atoms with Gasteiger partial charge in [0.15, 0.2) is 0 Å². The molecule has 1 saturated carbocycles. The van der Waals surface area contributed by atoms with Crippen LogP contribution in [0.25, 0.3) is 0 Å². The van der Waals surface area contributed by atoms with E-state index in [1.54, 1.807) is 0 Å². The second kappa shape index (κ2) is 6.75. The van der Waals surface area contributed by atoms with E-state index in [1.807, 2.05) is 6.07 Å². The van der Waals surface area contributed by atoms with Crippen LogP contribution >= 0.6 is 0 Å². The Hall–Kier alpha value is -1.18. The van der Waals surface area contributed by atoms with E-state index in [0.717, 1.165) is 17.7 Å². The third-order valence-electron chi connectivity index (χ3n) is 5.90. The number of fused-ring (bicyclic) bond motifs is 3. The van der Waals surface area contributed by atoms with Crippen molar-refractivity contribution in [2.75, 3.05) is 0 Å². The van der Waals surface area contributed by atoms with Gasteiger partial charge in [-0.05, 0) is 63.1 Å². The van der Waals surface area contributed by atoms with Crippen LogP contribution in [0.3, 0.4) is 0 Å². The molecule has 1 aliphatic heterocycles. The molecule has 2 heteroatoms. The number of hydrogen-bond donors (Lipinski definition) is 1. The van der Waals surface area contributed by atoms with Gasteiger partial charge in [0.05, 0.1) is 0 Å². The van der Waals surface area contributed by atoms with E-state index in [1.165, 1.54) is 56.9 Å². The van der Waals surface area contributed by atoms with Crippen molar-refractivity contribution in [1.29, 1.82) is 0 Å². The standard InChI is InChI=1S/C21H32O2/c1-4-5-7-10-15-13-18(22)20-16-11-8-6-9-12-17(16)21(2,3)23-19(20)14-15/h13-14,16-17,22H,4-12H2,1-3H3/t16-,17+/m1/s1. The average Bonchev–Trinajstić information content (AvgIpc) is 2.73. The van der Waals surface area contributed by atoms with Crippen LogP contribution in [0.1, 0.15) is 89.2 Å². The monoisotopic (exact) mass is 316 g/mol. The maximum atomic E-state index is 10.7. The van der Waals surface area contributed by atoms with Crippen LogP contribution in [0.5, 0.6) is 11.5 Å². The fourth-order valence-corrected chi connectivity index (χ4v) is 4.69. The van der Waals surface area contributed by atoms with Gasteiger partial charge >= 0.3 is 0 Å². The summed E-state index contributed by atoms with van der Waals surface area (Å²) in [5.41, 5.74) is 2.18. The smallest absolute Gasteiger partial charge is 0.127 e. The Morgan fingerprint density at radius 2 is 1.91 bits per heavy atom. The Balaban J connectivity index is 1.94. The first-order valence-corrected chi connectivity index (χ1v) is 9.57. The quantitative estimate of drug-likeness (QED) is 0.694. The van der Waals surface area contributed by atoms with Crippen molar-refractivity contribution in [2.45, 2.75) is 90.1 Å². The van der Waals surface area contributed by atoms with E-state index in [-0.39, 0.29) is 5.60 Å². The molecule has 1 fully saturated rings. The van der Waals surface area contributed by atoms with Crippen LogP contribution in [0, 0.1) is 5.92 Å². The van der Waals surface area contributed by atoms with Crippen molar-refractivity contribution in [3.8, 4) is 11.5 Å². The predicted octanol–water partition coefficient (Wildman–Crippen LogP) is 5.96. The predicted molar refractivity (Wildman–Crippen MR) is 95.4 cm³/mol. The van der Waals surface area contributed by atoms with Gasteiger partial charge in [-0.2, -0.15) is 0 Å². The molecule has 0 bridgehead atoms. The van der Waals surface area contributed by atoms with Crippen molar-refractivity contribution in [3.05, 3.63) is 23.3 Å². The molecular formula is C21H32O2. The Bertz CT molecular complexity index is 547. The molecule has 2 atom stereocenters. The van der Waals surface area contributed by atoms with Crippen LogP contribution in [0.4, 0.5) is 0 Å². The minimum Gasteiger partial charge on any atom is -0.508 e. The van der Waals surface area contributed by atoms with Crippen LogP contribution in [0.15, 0.2) is 12.1 Å². The first kappa shape index (κ1) is 16.7. The minimum atomic E-state index is -0.128. The molecular weight excluding hydrogens is 284 g/mol. The molecule has 1 N–H and O–H groups in total. The third kappa shape index (κ3) is 3.36. The Kier molecular flexibility index (Phi) is 4.89. The van der Waals surface area contributed by atoms with E-state index in [2.05, 4.69) is 26.8 Å². The van der Waals surface area contributed by atoms with Gasteiger partial charge in [0.2, 0.25) is 0 Å². The molecule has 0 radical (unpaired) electrons. The number of aryl methyl sites for hydroxylation is 1. The van der Waals surface area contributed by atoms with Crippen LogP contribution in [-0.4, -0.2) is 10.7 Å². The third-order valence-corrected chi connectivity index (χ3v) is 5.90. The molecule has 2 aliphatic rings. The molecule has 0 saturated heterocycles. The van der Waals surface area contributed by atoms with Gasteiger partial charge in [-0.3, -0.25) is 0 Å². The van der Waals surface area contributed by atoms with Crippen LogP contribution < -0.4 is 4.74 Å². The molecule has 3 rings (SSSR count). The molecule has 1 aliphatic carbocycles. The Morgan fingerprint density at radius 3 is 2.70 bits per heavy atom. The Labute approximate surface area is 141 Å². The molecule has 1 heterocycles. The highest BCUT2D eigenvalue weighted by Gasteiger charge is 2.45. The molecule has 1 aromatic carbocycles. The minimum absolute atomic E-state index is 0.128. The van der Waals surface area contributed by atoms with Gasteiger partial charge in [-0.25, -0.2) is 0 Å². The highest BCUT2D eigenvalue weighted by atomic mass is 16.5. The van der Waals surface area contributed by atoms with Gasteiger partial charge in [-0.1, -0.05) is 39.0 Å². The van der Waals surface area contributed by atoms with Gasteiger partial charge in [0, 0.05) is 11.5 Å². The lowest BCUT2D eigenvalue weighted by molar-refractivity contribution is 0.00574. The molecule has 23 heavy (non-hydrogen) atoms. The summed E-state index contributed by atoms with van der Waals surface area (Å²) in [4.78, 5) is 0. The SMILES string of the molecule is CCCCCc1cc(O)c2c(c1)OC(C)(C)[C@H]1CCCCC[C@@H]21. The number of unbranched alkanes of at least 4 members (excludes halogenated alkanes) is 2. The molecule has 1 aromatic rings. The van der Waals surface area contributed by atoms with Crippen LogP contribution in [-0.2, 0) is 6.42 Å². The summed E-state index contributed by atoms with van der Waals surface area (Å²) in [7, 11) is 0. The lowest BCUT2D eigenvalue weighted by Gasteiger charge is -2.45. The lowest BCUT2D eigenvalue weighted by Crippen LogP contribution is -2.44. The summed E-state index contributed by atoms with van der Waals surface area (Å²) in [6, 6.07) is 4.20. The zero-order valence-electron chi connectivity index (χ0n) is 15.0. The molecule has 0 spiro atoms. The van der Waals surface area contributed by atoms with Crippen molar-refractivity contribution in [3.63, 3.8) is 0 Å². The van der Waals surface area contributed by atoms with E-state index in [9.17, 15) is 5.11 Å². The number of phenols is 1. The first-order chi connectivity index (χ1) is 11.0. The summed E-state index contributed by atoms with van der Waals surface area (Å²) in [6.07, 6.45) is 11.0. The molecule has 0 aromatic heterocycles. The first-order valence-electron chi connectivity index (χ1n) is 9.57. The Morgan fingerprint density at radius 1 is 1.13 bits per heavy atom. The van der Waals surface area contributed by atoms with Gasteiger partial charge in [0.1, 0.15) is 17.1 Å². The van der Waals surface area contributed by atoms with Gasteiger partial charge < -0.3 is 9.84 Å². The number of ether oxygens (including phenoxy) is 1. The van der Waals surface area contributed by atoms with Gasteiger partial charge in [-0.15, -0.1) is 0 Å². The fourth-order valence-electron chi connectivity index (χ4n) is 4.69. The maximum absolute atomic E-state index is 10.7. The van der Waals surface area contributed by atoms with Crippen molar-refractivity contribution >= 4 is 0 Å². The lowest BCUT2D eigenvalue weighted by atomic mass is 9.71. The summed E-state index contributed by atoms with van der Waals surface area (Å²) in [5.74, 6) is 2.40. The van der Waals surface area contributed by atoms with E-state index in [0.29, 0.717) is 17.6 Å². The van der Waals surface area contributed by atoms with Crippen molar-refractivity contribution in [1.82, 2.24) is 0 Å². The molecule has 0 amide bonds. The fraction of sp³-hybridized carbons (Fsp3) is 0.714. The number of aromatic hydroxyl groups is 1. The summed E-state index contributed by atoms with van der Waals surface area (Å²) < 4.78 is 6.41. The zero-order chi connectivity index (χ0) is 16.4. The average molecular weight is 316 g/mol. The summed E-state index contributed by atoms with van der Waals surface area (Å²) >= 11 is 0. The summed E-state index contributed by atoms with van der Waals surface area (Å²) in [6.45, 7) is 6.70. The van der Waals surface area contributed by atoms with Gasteiger partial charge in [0.25, 0.3) is 0 Å². The second-order valence-corrected chi connectivity index (χ2v) is 8.04. The van der Waals surface area contributed by atoms with E-state index < -0.39 is 0 Å². The van der Waals surface area contributed by atoms with E-state index >= 15 is 0 Å². The van der Waals surface area contributed by atoms with E-state index in [4.69, 9.17) is 4.74 Å². The number of phenolic OH excluding ortho intramolecular Hbond substituents is 1. The molecule has 2 nitrogen and oxygen atoms in total. The topological polar surface area (TPSA) is 29.5 Å². The number of benzene rings is 1. The molecule has 0 unspecified atom stereocenters. The largest absolute Gasteiger partial charge is 0.508 e. The van der Waals surface area contributed by atoms with Crippen molar-refractivity contribution in [2.24, 2.45) is 5.92 Å². The van der Waals surface area contributed by atoms with Crippen molar-refractivity contribution < 1.29 is 9.84 Å². The maximum Gasteiger partial charge on any atom is 0.127 e. The summed E-state index contributed by atoms with van der Waals surface area (Å²) in [5, 5.41) is 10.7. The molecule has 128 valence electrons. The normalized spacial score (nSPS) is 25.9. The number of hydrogen-bond acceptors (Lipinski definition) is 2. The highest BCUT2D eigenvalue weighted by molar-refractivity contribution is 5.51. The number of rotatable bonds is 4.